The summed E-state index contributed by atoms with van der Waals surface area (Å²) in [6.07, 6.45) is 9.37. The zero-order valence-corrected chi connectivity index (χ0v) is 18.5. The van der Waals surface area contributed by atoms with Gasteiger partial charge in [0.25, 0.3) is 0 Å². The lowest BCUT2D eigenvalue weighted by molar-refractivity contribution is -0.116. The van der Waals surface area contributed by atoms with E-state index in [0.29, 0.717) is 12.2 Å². The van der Waals surface area contributed by atoms with Crippen LogP contribution < -0.4 is 5.32 Å². The summed E-state index contributed by atoms with van der Waals surface area (Å²) in [7, 11) is 0. The number of benzene rings is 2. The molecule has 0 aliphatic carbocycles. The van der Waals surface area contributed by atoms with Gasteiger partial charge in [0, 0.05) is 6.54 Å². The normalized spacial score (nSPS) is 11.0. The summed E-state index contributed by atoms with van der Waals surface area (Å²) in [5, 5.41) is 22.9. The van der Waals surface area contributed by atoms with Gasteiger partial charge in [-0.3, -0.25) is 4.79 Å². The second-order valence-electron chi connectivity index (χ2n) is 7.92. The number of nitrogens with zero attached hydrogens (tertiary/aromatic N) is 3. The van der Waals surface area contributed by atoms with Gasteiger partial charge in [0.05, 0.1) is 0 Å². The number of unbranched alkanes of at least 4 members (excludes halogenated alkanes) is 5. The number of aromatic nitrogens is 3. The molecule has 0 saturated heterocycles. The van der Waals surface area contributed by atoms with Crippen LogP contribution in [-0.4, -0.2) is 26.0 Å². The predicted octanol–water partition coefficient (Wildman–Crippen LogP) is 5.14. The molecule has 1 aromatic heterocycles. The molecular formula is C25H32N4O2. The maximum Gasteiger partial charge on any atom is 0.243 e. The predicted molar refractivity (Wildman–Crippen MR) is 124 cm³/mol. The molecule has 31 heavy (non-hydrogen) atoms. The van der Waals surface area contributed by atoms with Crippen LogP contribution in [0.25, 0.3) is 16.7 Å². The van der Waals surface area contributed by atoms with Crippen LogP contribution in [0.15, 0.2) is 43.0 Å². The first-order chi connectivity index (χ1) is 15.0. The summed E-state index contributed by atoms with van der Waals surface area (Å²) >= 11 is 0. The van der Waals surface area contributed by atoms with Gasteiger partial charge in [-0.1, -0.05) is 57.7 Å². The SMILES string of the molecule is C=CC(=O)NCc1c(CCCCCCCC)cc(-n2nc3ccccc3n2)c(O)c1C. The zero-order chi connectivity index (χ0) is 22.2. The van der Waals surface area contributed by atoms with Gasteiger partial charge in [0.15, 0.2) is 0 Å². The van der Waals surface area contributed by atoms with E-state index < -0.39 is 0 Å². The fraction of sp³-hybridized carbons (Fsp3) is 0.400. The Labute approximate surface area is 184 Å². The highest BCUT2D eigenvalue weighted by atomic mass is 16.3. The lowest BCUT2D eigenvalue weighted by Gasteiger charge is -2.17. The molecule has 164 valence electrons. The number of fused-ring (bicyclic) bond motifs is 1. The largest absolute Gasteiger partial charge is 0.505 e. The summed E-state index contributed by atoms with van der Waals surface area (Å²) in [6.45, 7) is 7.96. The molecule has 3 aromatic rings. The first-order valence-corrected chi connectivity index (χ1v) is 11.1. The monoisotopic (exact) mass is 420 g/mol. The molecule has 1 amide bonds. The molecule has 0 fully saturated rings. The van der Waals surface area contributed by atoms with Gasteiger partial charge in [-0.05, 0) is 60.7 Å². The van der Waals surface area contributed by atoms with Crippen molar-refractivity contribution in [3.63, 3.8) is 0 Å². The number of carbonyl (C=O) groups is 1. The molecule has 0 aliphatic heterocycles. The van der Waals surface area contributed by atoms with Crippen LogP contribution in [-0.2, 0) is 17.8 Å². The zero-order valence-electron chi connectivity index (χ0n) is 18.5. The third kappa shape index (κ3) is 5.51. The number of rotatable bonds is 11. The van der Waals surface area contributed by atoms with E-state index >= 15 is 0 Å². The van der Waals surface area contributed by atoms with Crippen LogP contribution in [0.4, 0.5) is 0 Å². The van der Waals surface area contributed by atoms with Gasteiger partial charge in [0.2, 0.25) is 5.91 Å². The maximum atomic E-state index is 11.7. The van der Waals surface area contributed by atoms with E-state index in [1.165, 1.54) is 36.6 Å². The van der Waals surface area contributed by atoms with Crippen molar-refractivity contribution in [1.82, 2.24) is 20.3 Å². The molecule has 2 N–H and O–H groups in total. The topological polar surface area (TPSA) is 80.0 Å². The van der Waals surface area contributed by atoms with E-state index in [1.54, 1.807) is 0 Å². The van der Waals surface area contributed by atoms with E-state index in [1.807, 2.05) is 37.3 Å². The number of aromatic hydroxyl groups is 1. The Kier molecular flexibility index (Phi) is 7.82. The molecule has 0 bridgehead atoms. The number of nitrogens with one attached hydrogen (secondary N) is 1. The molecule has 0 saturated carbocycles. The second-order valence-corrected chi connectivity index (χ2v) is 7.92. The van der Waals surface area contributed by atoms with E-state index in [4.69, 9.17) is 0 Å². The van der Waals surface area contributed by atoms with Crippen molar-refractivity contribution in [3.8, 4) is 11.4 Å². The molecule has 0 unspecified atom stereocenters. The Morgan fingerprint density at radius 1 is 1.13 bits per heavy atom. The third-order valence-corrected chi connectivity index (χ3v) is 5.68. The molecule has 6 nitrogen and oxygen atoms in total. The van der Waals surface area contributed by atoms with E-state index in [0.717, 1.165) is 47.0 Å². The summed E-state index contributed by atoms with van der Waals surface area (Å²) in [5.41, 5.74) is 4.91. The summed E-state index contributed by atoms with van der Waals surface area (Å²) in [4.78, 5) is 13.2. The van der Waals surface area contributed by atoms with Crippen LogP contribution in [0.3, 0.4) is 0 Å². The first-order valence-electron chi connectivity index (χ1n) is 11.1. The average Bonchev–Trinajstić information content (AvgIpc) is 3.21. The number of hydrogen-bond acceptors (Lipinski definition) is 4. The van der Waals surface area contributed by atoms with Crippen molar-refractivity contribution in [2.75, 3.05) is 0 Å². The lowest BCUT2D eigenvalue weighted by atomic mass is 9.95. The fourth-order valence-corrected chi connectivity index (χ4v) is 3.83. The fourth-order valence-electron chi connectivity index (χ4n) is 3.83. The van der Waals surface area contributed by atoms with E-state index in [-0.39, 0.29) is 11.7 Å². The molecule has 0 radical (unpaired) electrons. The van der Waals surface area contributed by atoms with Crippen LogP contribution in [0.5, 0.6) is 5.75 Å². The minimum atomic E-state index is -0.228. The van der Waals surface area contributed by atoms with Crippen molar-refractivity contribution in [3.05, 3.63) is 59.7 Å². The van der Waals surface area contributed by atoms with Crippen LogP contribution in [0.2, 0.25) is 0 Å². The molecular weight excluding hydrogens is 388 g/mol. The summed E-state index contributed by atoms with van der Waals surface area (Å²) in [5.74, 6) is -0.0941. The van der Waals surface area contributed by atoms with Gasteiger partial charge in [-0.25, -0.2) is 0 Å². The van der Waals surface area contributed by atoms with Crippen molar-refractivity contribution in [1.29, 1.82) is 0 Å². The number of phenolic OH excluding ortho intramolecular Hbond substituents is 1. The Morgan fingerprint density at radius 3 is 2.42 bits per heavy atom. The number of amides is 1. The van der Waals surface area contributed by atoms with Gasteiger partial charge >= 0.3 is 0 Å². The van der Waals surface area contributed by atoms with Gasteiger partial charge < -0.3 is 10.4 Å². The Hall–Kier alpha value is -3.15. The van der Waals surface area contributed by atoms with Crippen LogP contribution in [0.1, 0.15) is 62.1 Å². The highest BCUT2D eigenvalue weighted by Gasteiger charge is 2.18. The minimum absolute atomic E-state index is 0.134. The molecule has 2 aromatic carbocycles. The summed E-state index contributed by atoms with van der Waals surface area (Å²) < 4.78 is 0. The molecule has 3 rings (SSSR count). The standard InChI is InChI=1S/C25H32N4O2/c1-4-6-7-8-9-10-13-19-16-23(29-27-21-14-11-12-15-22(21)28-29)25(31)18(3)20(19)17-26-24(30)5-2/h5,11-12,14-16,31H,2,4,6-10,13,17H2,1,3H3,(H,26,30). The number of hydrogen-bond donors (Lipinski definition) is 2. The van der Waals surface area contributed by atoms with E-state index in [2.05, 4.69) is 29.0 Å². The van der Waals surface area contributed by atoms with Crippen LogP contribution >= 0.6 is 0 Å². The number of aryl methyl sites for hydroxylation is 1. The van der Waals surface area contributed by atoms with Gasteiger partial charge in [-0.2, -0.15) is 0 Å². The average molecular weight is 421 g/mol. The highest BCUT2D eigenvalue weighted by molar-refractivity contribution is 5.86. The van der Waals surface area contributed by atoms with E-state index in [9.17, 15) is 9.90 Å². The molecule has 6 heteroatoms. The maximum absolute atomic E-state index is 11.7. The van der Waals surface area contributed by atoms with Gasteiger partial charge in [-0.15, -0.1) is 15.0 Å². The number of carbonyl (C=O) groups excluding carboxylic acids is 1. The molecule has 0 aliphatic rings. The Morgan fingerprint density at radius 2 is 1.77 bits per heavy atom. The van der Waals surface area contributed by atoms with Gasteiger partial charge in [0.1, 0.15) is 22.5 Å². The van der Waals surface area contributed by atoms with Crippen molar-refractivity contribution in [2.24, 2.45) is 0 Å². The van der Waals surface area contributed by atoms with Crippen molar-refractivity contribution < 1.29 is 9.90 Å². The summed E-state index contributed by atoms with van der Waals surface area (Å²) in [6, 6.07) is 9.60. The van der Waals surface area contributed by atoms with Crippen molar-refractivity contribution >= 4 is 16.9 Å². The second kappa shape index (κ2) is 10.8. The highest BCUT2D eigenvalue weighted by Crippen LogP contribution is 2.32. The van der Waals surface area contributed by atoms with Crippen molar-refractivity contribution in [2.45, 2.75) is 65.3 Å². The quantitative estimate of drug-likeness (QED) is 0.332. The Bertz CT molecular complexity index is 1020. The minimum Gasteiger partial charge on any atom is -0.505 e. The lowest BCUT2D eigenvalue weighted by Crippen LogP contribution is -2.22. The molecule has 0 atom stereocenters. The first kappa shape index (κ1) is 22.5. The third-order valence-electron chi connectivity index (χ3n) is 5.68. The number of phenols is 1. The molecule has 1 heterocycles. The van der Waals surface area contributed by atoms with Crippen LogP contribution in [0, 0.1) is 6.92 Å². The molecule has 0 spiro atoms. The Balaban J connectivity index is 1.91. The smallest absolute Gasteiger partial charge is 0.243 e.